The van der Waals surface area contributed by atoms with E-state index in [4.69, 9.17) is 5.11 Å². The Bertz CT molecular complexity index is 322. The number of imide groups is 1. The molecule has 82 valence electrons. The van der Waals surface area contributed by atoms with E-state index in [1.807, 2.05) is 6.92 Å². The van der Waals surface area contributed by atoms with Crippen molar-refractivity contribution in [1.29, 1.82) is 0 Å². The Hall–Kier alpha value is -1.69. The van der Waals surface area contributed by atoms with E-state index in [0.29, 0.717) is 11.5 Å². The molecule has 1 saturated heterocycles. The average Bonchev–Trinajstić information content (AvgIpc) is 2.42. The molecule has 1 heterocycles. The quantitative estimate of drug-likeness (QED) is 0.506. The smallest absolute Gasteiger partial charge is 0.356 e. The molecule has 0 aliphatic carbocycles. The molecule has 1 aliphatic rings. The topological polar surface area (TPSA) is 83.9 Å². The summed E-state index contributed by atoms with van der Waals surface area (Å²) in [5, 5.41) is 9.30. The summed E-state index contributed by atoms with van der Waals surface area (Å²) in [7, 11) is 0. The van der Waals surface area contributed by atoms with Gasteiger partial charge < -0.3 is 9.94 Å². The van der Waals surface area contributed by atoms with E-state index in [1.54, 1.807) is 0 Å². The first-order valence-corrected chi connectivity index (χ1v) is 4.49. The van der Waals surface area contributed by atoms with Gasteiger partial charge in [-0.05, 0) is 6.42 Å². The van der Waals surface area contributed by atoms with Crippen molar-refractivity contribution in [1.82, 2.24) is 5.06 Å². The van der Waals surface area contributed by atoms with Gasteiger partial charge in [-0.25, -0.2) is 4.79 Å². The third kappa shape index (κ3) is 2.63. The number of hydrogen-bond acceptors (Lipinski definition) is 5. The van der Waals surface area contributed by atoms with Crippen LogP contribution in [0.2, 0.25) is 0 Å². The normalized spacial score (nSPS) is 21.5. The van der Waals surface area contributed by atoms with Crippen molar-refractivity contribution in [2.75, 3.05) is 0 Å². The molecule has 1 N–H and O–H groups in total. The van der Waals surface area contributed by atoms with E-state index in [9.17, 15) is 14.4 Å². The van der Waals surface area contributed by atoms with Crippen LogP contribution in [0.15, 0.2) is 12.2 Å². The molecule has 6 heteroatoms. The number of amides is 2. The van der Waals surface area contributed by atoms with Crippen LogP contribution >= 0.6 is 0 Å². The Balaban J connectivity index is 2.58. The lowest BCUT2D eigenvalue weighted by Crippen LogP contribution is -2.33. The van der Waals surface area contributed by atoms with Crippen molar-refractivity contribution in [2.45, 2.75) is 25.9 Å². The maximum atomic E-state index is 11.1. The van der Waals surface area contributed by atoms with E-state index in [1.165, 1.54) is 6.08 Å². The first-order valence-electron chi connectivity index (χ1n) is 4.49. The Morgan fingerprint density at radius 1 is 1.67 bits per heavy atom. The number of aliphatic hydroxyl groups excluding tert-OH is 1. The van der Waals surface area contributed by atoms with Gasteiger partial charge in [0.15, 0.2) is 0 Å². The van der Waals surface area contributed by atoms with Gasteiger partial charge in [-0.15, -0.1) is 0 Å². The molecule has 1 aliphatic heterocycles. The zero-order valence-corrected chi connectivity index (χ0v) is 8.17. The maximum Gasteiger partial charge on any atom is 0.356 e. The van der Waals surface area contributed by atoms with Crippen molar-refractivity contribution in [3.8, 4) is 0 Å². The van der Waals surface area contributed by atoms with Crippen molar-refractivity contribution in [3.05, 3.63) is 12.2 Å². The molecule has 1 fully saturated rings. The molecular formula is C9H11NO5. The highest BCUT2D eigenvalue weighted by Crippen LogP contribution is 2.13. The van der Waals surface area contributed by atoms with Gasteiger partial charge in [0.1, 0.15) is 6.10 Å². The van der Waals surface area contributed by atoms with Crippen LogP contribution in [0, 0.1) is 0 Å². The number of aliphatic hydroxyl groups is 1. The van der Waals surface area contributed by atoms with Crippen LogP contribution in [0.5, 0.6) is 0 Å². The zero-order chi connectivity index (χ0) is 11.4. The van der Waals surface area contributed by atoms with Gasteiger partial charge in [-0.3, -0.25) is 9.59 Å². The van der Waals surface area contributed by atoms with E-state index in [0.717, 1.165) is 6.08 Å². The predicted molar refractivity (Wildman–Crippen MR) is 48.0 cm³/mol. The fourth-order valence-corrected chi connectivity index (χ4v) is 1.02. The maximum absolute atomic E-state index is 11.1. The fraction of sp³-hybridized carbons (Fsp3) is 0.444. The molecule has 0 bridgehead atoms. The first kappa shape index (κ1) is 11.4. The van der Waals surface area contributed by atoms with E-state index in [2.05, 4.69) is 4.84 Å². The minimum absolute atomic E-state index is 0.299. The summed E-state index contributed by atoms with van der Waals surface area (Å²) in [4.78, 5) is 37.6. The first-order chi connectivity index (χ1) is 7.06. The van der Waals surface area contributed by atoms with E-state index >= 15 is 0 Å². The molecule has 1 atom stereocenters. The highest BCUT2D eigenvalue weighted by atomic mass is 16.7. The van der Waals surface area contributed by atoms with Crippen LogP contribution in [0.3, 0.4) is 0 Å². The van der Waals surface area contributed by atoms with E-state index in [-0.39, 0.29) is 6.42 Å². The highest BCUT2D eigenvalue weighted by Gasteiger charge is 2.40. The minimum atomic E-state index is -1.40. The van der Waals surface area contributed by atoms with Crippen LogP contribution < -0.4 is 0 Å². The zero-order valence-electron chi connectivity index (χ0n) is 8.17. The SMILES string of the molecule is CCC=CC(=O)ON1C(=O)CC(O)C1=O. The number of carbonyl (C=O) groups is 3. The van der Waals surface area contributed by atoms with Crippen LogP contribution in [0.25, 0.3) is 0 Å². The van der Waals surface area contributed by atoms with Crippen LogP contribution in [0.1, 0.15) is 19.8 Å². The standard InChI is InChI=1S/C9H11NO5/c1-2-3-4-8(13)15-10-7(12)5-6(11)9(10)14/h3-4,6,11H,2,5H2,1H3. The van der Waals surface area contributed by atoms with Crippen molar-refractivity contribution in [2.24, 2.45) is 0 Å². The largest absolute Gasteiger partial charge is 0.383 e. The molecule has 15 heavy (non-hydrogen) atoms. The molecule has 0 saturated carbocycles. The second-order valence-electron chi connectivity index (χ2n) is 2.97. The fourth-order valence-electron chi connectivity index (χ4n) is 1.02. The average molecular weight is 213 g/mol. The van der Waals surface area contributed by atoms with Gasteiger partial charge in [0.2, 0.25) is 0 Å². The lowest BCUT2D eigenvalue weighted by atomic mass is 10.3. The molecule has 0 spiro atoms. The second-order valence-corrected chi connectivity index (χ2v) is 2.97. The Labute approximate surface area is 86.1 Å². The van der Waals surface area contributed by atoms with E-state index < -0.39 is 23.9 Å². The number of allylic oxidation sites excluding steroid dienone is 1. The van der Waals surface area contributed by atoms with Gasteiger partial charge in [0.25, 0.3) is 11.8 Å². The third-order valence-corrected chi connectivity index (χ3v) is 1.75. The summed E-state index contributed by atoms with van der Waals surface area (Å²) in [6.45, 7) is 1.82. The minimum Gasteiger partial charge on any atom is -0.383 e. The summed E-state index contributed by atoms with van der Waals surface area (Å²) in [6, 6.07) is 0. The van der Waals surface area contributed by atoms with Gasteiger partial charge in [0, 0.05) is 6.08 Å². The van der Waals surface area contributed by atoms with Gasteiger partial charge >= 0.3 is 5.97 Å². The van der Waals surface area contributed by atoms with Gasteiger partial charge in [-0.2, -0.15) is 0 Å². The molecule has 0 aromatic heterocycles. The summed E-state index contributed by atoms with van der Waals surface area (Å²) in [5.41, 5.74) is 0. The Morgan fingerprint density at radius 2 is 2.33 bits per heavy atom. The summed E-state index contributed by atoms with van der Waals surface area (Å²) in [6.07, 6.45) is 1.54. The number of carbonyl (C=O) groups excluding carboxylic acids is 3. The van der Waals surface area contributed by atoms with Crippen LogP contribution in [-0.2, 0) is 19.2 Å². The predicted octanol–water partition coefficient (Wildman–Crippen LogP) is -0.469. The lowest BCUT2D eigenvalue weighted by Gasteiger charge is -2.10. The molecule has 0 aromatic carbocycles. The number of rotatable bonds is 3. The monoisotopic (exact) mass is 213 g/mol. The molecule has 6 nitrogen and oxygen atoms in total. The number of nitrogens with zero attached hydrogens (tertiary/aromatic N) is 1. The number of hydroxylamine groups is 2. The number of hydrogen-bond donors (Lipinski definition) is 1. The molecule has 0 radical (unpaired) electrons. The Kier molecular flexibility index (Phi) is 3.56. The van der Waals surface area contributed by atoms with Crippen molar-refractivity contribution in [3.63, 3.8) is 0 Å². The third-order valence-electron chi connectivity index (χ3n) is 1.75. The Morgan fingerprint density at radius 3 is 2.80 bits per heavy atom. The van der Waals surface area contributed by atoms with Gasteiger partial charge in [-0.1, -0.05) is 18.1 Å². The second kappa shape index (κ2) is 4.70. The van der Waals surface area contributed by atoms with Crippen molar-refractivity contribution >= 4 is 17.8 Å². The summed E-state index contributed by atoms with van der Waals surface area (Å²) >= 11 is 0. The molecule has 0 aromatic rings. The lowest BCUT2D eigenvalue weighted by molar-refractivity contribution is -0.195. The van der Waals surface area contributed by atoms with Crippen LogP contribution in [0.4, 0.5) is 0 Å². The molecule has 1 rings (SSSR count). The molecule has 1 unspecified atom stereocenters. The van der Waals surface area contributed by atoms with Crippen molar-refractivity contribution < 1.29 is 24.3 Å². The summed E-state index contributed by atoms with van der Waals surface area (Å²) < 4.78 is 0. The summed E-state index contributed by atoms with van der Waals surface area (Å²) in [5.74, 6) is -2.43. The van der Waals surface area contributed by atoms with Crippen LogP contribution in [-0.4, -0.2) is 34.1 Å². The van der Waals surface area contributed by atoms with Gasteiger partial charge in [0.05, 0.1) is 6.42 Å². The highest BCUT2D eigenvalue weighted by molar-refractivity contribution is 6.04. The molecule has 2 amide bonds. The molecular weight excluding hydrogens is 202 g/mol.